The number of ether oxygens (including phenoxy) is 3. The van der Waals surface area contributed by atoms with Gasteiger partial charge in [-0.15, -0.1) is 0 Å². The Bertz CT molecular complexity index is 677. The molecule has 28 heavy (non-hydrogen) atoms. The van der Waals surface area contributed by atoms with Crippen LogP contribution in [-0.4, -0.2) is 63.4 Å². The Balaban J connectivity index is 1.62. The van der Waals surface area contributed by atoms with E-state index in [4.69, 9.17) is 14.2 Å². The molecule has 1 heterocycles. The highest BCUT2D eigenvalue weighted by Crippen LogP contribution is 2.34. The van der Waals surface area contributed by atoms with Gasteiger partial charge < -0.3 is 19.5 Å². The van der Waals surface area contributed by atoms with Crippen LogP contribution in [0.25, 0.3) is 6.08 Å². The van der Waals surface area contributed by atoms with E-state index in [9.17, 15) is 4.79 Å². The number of morpholine rings is 1. The number of carbonyl (C=O) groups excluding carboxylic acids is 1. The molecule has 2 aliphatic rings. The standard InChI is InChI=1S/C22H32N2O4/c1-26-19-8-6-18(20(16-19)27-2)7-9-21(25)23-17-22(10-4-3-5-11-22)24-12-14-28-15-13-24/h6-9,16H,3-5,10-15,17H2,1-2H3,(H,23,25). The zero-order valence-corrected chi connectivity index (χ0v) is 17.0. The van der Waals surface area contributed by atoms with Crippen LogP contribution in [0.4, 0.5) is 0 Å². The smallest absolute Gasteiger partial charge is 0.244 e. The van der Waals surface area contributed by atoms with Gasteiger partial charge >= 0.3 is 0 Å². The van der Waals surface area contributed by atoms with Crippen LogP contribution >= 0.6 is 0 Å². The number of nitrogens with zero attached hydrogens (tertiary/aromatic N) is 1. The Kier molecular flexibility index (Phi) is 7.34. The molecule has 2 fully saturated rings. The van der Waals surface area contributed by atoms with Gasteiger partial charge in [0.05, 0.1) is 27.4 Å². The van der Waals surface area contributed by atoms with Crippen molar-refractivity contribution in [2.45, 2.75) is 37.6 Å². The zero-order chi connectivity index (χ0) is 19.8. The number of hydrogen-bond acceptors (Lipinski definition) is 5. The molecule has 0 spiro atoms. The average Bonchev–Trinajstić information content (AvgIpc) is 2.77. The van der Waals surface area contributed by atoms with E-state index in [2.05, 4.69) is 10.2 Å². The molecule has 154 valence electrons. The van der Waals surface area contributed by atoms with Crippen molar-refractivity contribution in [2.24, 2.45) is 0 Å². The molecule has 1 aliphatic heterocycles. The lowest BCUT2D eigenvalue weighted by Gasteiger charge is -2.48. The molecule has 1 N–H and O–H groups in total. The molecule has 1 saturated heterocycles. The lowest BCUT2D eigenvalue weighted by Crippen LogP contribution is -2.59. The molecule has 6 nitrogen and oxygen atoms in total. The predicted octanol–water partition coefficient (Wildman–Crippen LogP) is 2.87. The number of benzene rings is 1. The Morgan fingerprint density at radius 2 is 1.93 bits per heavy atom. The summed E-state index contributed by atoms with van der Waals surface area (Å²) in [7, 11) is 3.23. The first-order chi connectivity index (χ1) is 13.7. The van der Waals surface area contributed by atoms with Gasteiger partial charge in [-0.1, -0.05) is 19.3 Å². The summed E-state index contributed by atoms with van der Waals surface area (Å²) in [5.41, 5.74) is 0.919. The Morgan fingerprint density at radius 1 is 1.18 bits per heavy atom. The summed E-state index contributed by atoms with van der Waals surface area (Å²) in [4.78, 5) is 15.0. The van der Waals surface area contributed by atoms with Crippen LogP contribution in [0.3, 0.4) is 0 Å². The van der Waals surface area contributed by atoms with Crippen molar-refractivity contribution in [2.75, 3.05) is 47.1 Å². The minimum absolute atomic E-state index is 0.0728. The molecule has 0 radical (unpaired) electrons. The SMILES string of the molecule is COc1ccc(C=CC(=O)NCC2(N3CCOCC3)CCCCC2)c(OC)c1. The highest BCUT2D eigenvalue weighted by molar-refractivity contribution is 5.92. The monoisotopic (exact) mass is 388 g/mol. The number of nitrogens with one attached hydrogen (secondary N) is 1. The first-order valence-electron chi connectivity index (χ1n) is 10.2. The molecule has 1 aromatic carbocycles. The van der Waals surface area contributed by atoms with E-state index in [0.717, 1.165) is 50.5 Å². The molecule has 1 aliphatic carbocycles. The van der Waals surface area contributed by atoms with Gasteiger partial charge in [0.1, 0.15) is 11.5 Å². The largest absolute Gasteiger partial charge is 0.497 e. The van der Waals surface area contributed by atoms with Crippen molar-refractivity contribution in [3.63, 3.8) is 0 Å². The van der Waals surface area contributed by atoms with Crippen molar-refractivity contribution in [1.29, 1.82) is 0 Å². The normalized spacial score (nSPS) is 20.1. The van der Waals surface area contributed by atoms with Gasteiger partial charge in [-0.3, -0.25) is 9.69 Å². The third kappa shape index (κ3) is 5.06. The van der Waals surface area contributed by atoms with Gasteiger partial charge in [-0.2, -0.15) is 0 Å². The number of amides is 1. The second kappa shape index (κ2) is 9.94. The molecule has 3 rings (SSSR count). The summed E-state index contributed by atoms with van der Waals surface area (Å²) >= 11 is 0. The Labute approximate surface area is 167 Å². The van der Waals surface area contributed by atoms with E-state index in [1.807, 2.05) is 18.2 Å². The molecule has 1 saturated carbocycles. The van der Waals surface area contributed by atoms with E-state index < -0.39 is 0 Å². The van der Waals surface area contributed by atoms with E-state index >= 15 is 0 Å². The summed E-state index contributed by atoms with van der Waals surface area (Å²) in [6.07, 6.45) is 9.40. The fraction of sp³-hybridized carbons (Fsp3) is 0.591. The highest BCUT2D eigenvalue weighted by atomic mass is 16.5. The molecule has 1 aromatic rings. The topological polar surface area (TPSA) is 60.0 Å². The van der Waals surface area contributed by atoms with E-state index in [-0.39, 0.29) is 11.4 Å². The fourth-order valence-electron chi connectivity index (χ4n) is 4.28. The maximum atomic E-state index is 12.5. The van der Waals surface area contributed by atoms with Crippen molar-refractivity contribution >= 4 is 12.0 Å². The Hall–Kier alpha value is -2.05. The van der Waals surface area contributed by atoms with E-state index in [1.165, 1.54) is 19.3 Å². The van der Waals surface area contributed by atoms with Crippen molar-refractivity contribution in [3.8, 4) is 11.5 Å². The molecular weight excluding hydrogens is 356 g/mol. The van der Waals surface area contributed by atoms with Gasteiger partial charge in [-0.05, 0) is 31.1 Å². The first kappa shape index (κ1) is 20.7. The summed E-state index contributed by atoms with van der Waals surface area (Å²) in [6.45, 7) is 4.17. The molecule has 0 aromatic heterocycles. The van der Waals surface area contributed by atoms with Gasteiger partial charge in [0.25, 0.3) is 0 Å². The third-order valence-electron chi connectivity index (χ3n) is 5.91. The van der Waals surface area contributed by atoms with E-state index in [1.54, 1.807) is 26.4 Å². The van der Waals surface area contributed by atoms with Crippen molar-refractivity contribution in [1.82, 2.24) is 10.2 Å². The second-order valence-corrected chi connectivity index (χ2v) is 7.54. The minimum atomic E-state index is -0.0731. The van der Waals surface area contributed by atoms with Crippen LogP contribution in [-0.2, 0) is 9.53 Å². The van der Waals surface area contributed by atoms with Crippen LogP contribution in [0.1, 0.15) is 37.7 Å². The molecule has 0 bridgehead atoms. The average molecular weight is 389 g/mol. The fourth-order valence-corrected chi connectivity index (χ4v) is 4.28. The molecule has 6 heteroatoms. The summed E-state index contributed by atoms with van der Waals surface area (Å²) < 4.78 is 16.1. The van der Waals surface area contributed by atoms with Crippen LogP contribution in [0.5, 0.6) is 11.5 Å². The molecule has 1 amide bonds. The second-order valence-electron chi connectivity index (χ2n) is 7.54. The first-order valence-corrected chi connectivity index (χ1v) is 10.2. The van der Waals surface area contributed by atoms with Crippen LogP contribution in [0.2, 0.25) is 0 Å². The summed E-state index contributed by atoms with van der Waals surface area (Å²) in [6, 6.07) is 5.56. The van der Waals surface area contributed by atoms with Crippen LogP contribution in [0.15, 0.2) is 24.3 Å². The maximum Gasteiger partial charge on any atom is 0.244 e. The van der Waals surface area contributed by atoms with Gasteiger partial charge in [0, 0.05) is 42.9 Å². The zero-order valence-electron chi connectivity index (χ0n) is 17.0. The maximum absolute atomic E-state index is 12.5. The quantitative estimate of drug-likeness (QED) is 0.728. The van der Waals surface area contributed by atoms with Crippen molar-refractivity contribution in [3.05, 3.63) is 29.8 Å². The lowest BCUT2D eigenvalue weighted by atomic mass is 9.79. The number of rotatable bonds is 7. The van der Waals surface area contributed by atoms with E-state index in [0.29, 0.717) is 12.3 Å². The number of carbonyl (C=O) groups is 1. The van der Waals surface area contributed by atoms with Gasteiger partial charge in [-0.25, -0.2) is 0 Å². The number of hydrogen-bond donors (Lipinski definition) is 1. The van der Waals surface area contributed by atoms with Crippen LogP contribution in [0, 0.1) is 0 Å². The minimum Gasteiger partial charge on any atom is -0.497 e. The number of methoxy groups -OCH3 is 2. The predicted molar refractivity (Wildman–Crippen MR) is 110 cm³/mol. The molecule has 0 unspecified atom stereocenters. The summed E-state index contributed by atoms with van der Waals surface area (Å²) in [5, 5.41) is 3.15. The molecular formula is C22H32N2O4. The lowest BCUT2D eigenvalue weighted by molar-refractivity contribution is -0.117. The third-order valence-corrected chi connectivity index (χ3v) is 5.91. The molecule has 0 atom stereocenters. The van der Waals surface area contributed by atoms with Gasteiger partial charge in [0.2, 0.25) is 5.91 Å². The van der Waals surface area contributed by atoms with Gasteiger partial charge in [0.15, 0.2) is 0 Å². The van der Waals surface area contributed by atoms with Crippen LogP contribution < -0.4 is 14.8 Å². The highest BCUT2D eigenvalue weighted by Gasteiger charge is 2.38. The van der Waals surface area contributed by atoms with Crippen molar-refractivity contribution < 1.29 is 19.0 Å². The summed E-state index contributed by atoms with van der Waals surface area (Å²) in [5.74, 6) is 1.33. The Morgan fingerprint density at radius 3 is 2.61 bits per heavy atom.